The molecule has 0 amide bonds. The standard InChI is InChI=1S/C20H18FN3O4S3/c1-30(25,26)23-16-9-7-14(8-10-16)18-13-19(20-6-3-11-29-20)24(22-18)31(27,28)17-5-2-4-15(21)12-17/h2-12,19,23H,13H2,1H3/t19-/m1/s1. The van der Waals surface area contributed by atoms with Gasteiger partial charge in [-0.1, -0.05) is 24.3 Å². The molecule has 11 heteroatoms. The van der Waals surface area contributed by atoms with Crippen LogP contribution in [0.1, 0.15) is 22.9 Å². The predicted molar refractivity (Wildman–Crippen MR) is 119 cm³/mol. The SMILES string of the molecule is CS(=O)(=O)Nc1ccc(C2=NN(S(=O)(=O)c3cccc(F)c3)[C@@H](c3cccs3)C2)cc1. The van der Waals surface area contributed by atoms with Crippen LogP contribution in [0.15, 0.2) is 76.0 Å². The number of hydrogen-bond acceptors (Lipinski definition) is 6. The molecule has 0 aliphatic carbocycles. The summed E-state index contributed by atoms with van der Waals surface area (Å²) in [5, 5.41) is 6.24. The topological polar surface area (TPSA) is 95.9 Å². The lowest BCUT2D eigenvalue weighted by atomic mass is 10.0. The lowest BCUT2D eigenvalue weighted by molar-refractivity contribution is 0.375. The lowest BCUT2D eigenvalue weighted by Crippen LogP contribution is -2.27. The molecule has 7 nitrogen and oxygen atoms in total. The molecule has 0 bridgehead atoms. The first-order chi connectivity index (χ1) is 14.6. The van der Waals surface area contributed by atoms with E-state index in [4.69, 9.17) is 0 Å². The molecular weight excluding hydrogens is 461 g/mol. The molecule has 0 spiro atoms. The number of halogens is 1. The van der Waals surface area contributed by atoms with Crippen molar-refractivity contribution < 1.29 is 21.2 Å². The summed E-state index contributed by atoms with van der Waals surface area (Å²) in [5.74, 6) is -0.647. The van der Waals surface area contributed by atoms with E-state index in [0.717, 1.165) is 21.6 Å². The molecule has 1 aliphatic heterocycles. The van der Waals surface area contributed by atoms with Crippen LogP contribution in [-0.4, -0.2) is 33.2 Å². The second-order valence-electron chi connectivity index (χ2n) is 6.97. The van der Waals surface area contributed by atoms with E-state index in [-0.39, 0.29) is 4.90 Å². The Hall–Kier alpha value is -2.76. The fourth-order valence-electron chi connectivity index (χ4n) is 3.26. The molecule has 1 N–H and O–H groups in total. The quantitative estimate of drug-likeness (QED) is 0.582. The lowest BCUT2D eigenvalue weighted by Gasteiger charge is -2.22. The molecule has 31 heavy (non-hydrogen) atoms. The van der Waals surface area contributed by atoms with E-state index in [1.165, 1.54) is 29.5 Å². The van der Waals surface area contributed by atoms with Gasteiger partial charge in [0.05, 0.1) is 16.9 Å². The summed E-state index contributed by atoms with van der Waals surface area (Å²) in [4.78, 5) is 0.640. The van der Waals surface area contributed by atoms with Crippen molar-refractivity contribution in [2.75, 3.05) is 11.0 Å². The molecule has 1 aromatic heterocycles. The number of hydrazone groups is 1. The maximum Gasteiger partial charge on any atom is 0.279 e. The first-order valence-corrected chi connectivity index (χ1v) is 13.3. The Morgan fingerprint density at radius 1 is 1.06 bits per heavy atom. The minimum Gasteiger partial charge on any atom is -0.284 e. The van der Waals surface area contributed by atoms with Crippen LogP contribution in [0, 0.1) is 5.82 Å². The summed E-state index contributed by atoms with van der Waals surface area (Å²) in [6.07, 6.45) is 1.39. The summed E-state index contributed by atoms with van der Waals surface area (Å²) in [7, 11) is -7.50. The molecule has 3 aromatic rings. The van der Waals surface area contributed by atoms with Crippen LogP contribution in [0.2, 0.25) is 0 Å². The van der Waals surface area contributed by atoms with E-state index in [2.05, 4.69) is 9.82 Å². The van der Waals surface area contributed by atoms with Gasteiger partial charge in [-0.15, -0.1) is 11.3 Å². The van der Waals surface area contributed by atoms with Crippen LogP contribution in [0.25, 0.3) is 0 Å². The number of hydrogen-bond donors (Lipinski definition) is 1. The zero-order chi connectivity index (χ0) is 22.2. The molecule has 1 atom stereocenters. The Kier molecular flexibility index (Phi) is 5.58. The molecule has 1 aliphatic rings. The number of nitrogens with zero attached hydrogens (tertiary/aromatic N) is 2. The Labute approximate surface area is 184 Å². The maximum absolute atomic E-state index is 13.7. The highest BCUT2D eigenvalue weighted by atomic mass is 32.2. The largest absolute Gasteiger partial charge is 0.284 e. The zero-order valence-electron chi connectivity index (χ0n) is 16.3. The van der Waals surface area contributed by atoms with E-state index < -0.39 is 31.9 Å². The van der Waals surface area contributed by atoms with Gasteiger partial charge in [0, 0.05) is 17.0 Å². The van der Waals surface area contributed by atoms with Gasteiger partial charge in [-0.3, -0.25) is 4.72 Å². The Bertz CT molecular complexity index is 1340. The van der Waals surface area contributed by atoms with Crippen LogP contribution in [0.4, 0.5) is 10.1 Å². The summed E-state index contributed by atoms with van der Waals surface area (Å²) in [6, 6.07) is 14.5. The van der Waals surface area contributed by atoms with Gasteiger partial charge in [0.25, 0.3) is 10.0 Å². The average Bonchev–Trinajstić information content (AvgIpc) is 3.37. The highest BCUT2D eigenvalue weighted by Gasteiger charge is 2.38. The van der Waals surface area contributed by atoms with Gasteiger partial charge in [0.2, 0.25) is 10.0 Å². The van der Waals surface area contributed by atoms with Crippen LogP contribution in [0.3, 0.4) is 0 Å². The third kappa shape index (κ3) is 4.63. The van der Waals surface area contributed by atoms with Crippen LogP contribution < -0.4 is 4.72 Å². The molecule has 2 aromatic carbocycles. The Balaban J connectivity index is 1.72. The molecule has 0 unspecified atom stereocenters. The minimum absolute atomic E-state index is 0.174. The van der Waals surface area contributed by atoms with Gasteiger partial charge in [-0.2, -0.15) is 17.9 Å². The van der Waals surface area contributed by atoms with Crippen molar-refractivity contribution in [2.45, 2.75) is 17.4 Å². The average molecular weight is 480 g/mol. The van der Waals surface area contributed by atoms with E-state index in [0.29, 0.717) is 23.4 Å². The highest BCUT2D eigenvalue weighted by molar-refractivity contribution is 7.92. The minimum atomic E-state index is -4.09. The Morgan fingerprint density at radius 2 is 1.81 bits per heavy atom. The molecule has 0 radical (unpaired) electrons. The molecule has 2 heterocycles. The fraction of sp³-hybridized carbons (Fsp3) is 0.150. The summed E-state index contributed by atoms with van der Waals surface area (Å²) in [6.45, 7) is 0. The second-order valence-corrected chi connectivity index (χ2v) is 11.5. The van der Waals surface area contributed by atoms with Crippen molar-refractivity contribution in [1.29, 1.82) is 0 Å². The van der Waals surface area contributed by atoms with Gasteiger partial charge in [0.1, 0.15) is 11.9 Å². The summed E-state index contributed by atoms with van der Waals surface area (Å²) in [5.41, 5.74) is 1.59. The predicted octanol–water partition coefficient (Wildman–Crippen LogP) is 3.80. The van der Waals surface area contributed by atoms with Crippen molar-refractivity contribution in [3.63, 3.8) is 0 Å². The first kappa shape index (κ1) is 21.5. The van der Waals surface area contributed by atoms with Gasteiger partial charge < -0.3 is 0 Å². The number of benzene rings is 2. The molecule has 4 rings (SSSR count). The molecule has 162 valence electrons. The molecule has 0 fully saturated rings. The van der Waals surface area contributed by atoms with Crippen molar-refractivity contribution in [3.8, 4) is 0 Å². The summed E-state index contributed by atoms with van der Waals surface area (Å²) >= 11 is 1.41. The maximum atomic E-state index is 13.7. The van der Waals surface area contributed by atoms with Crippen molar-refractivity contribution in [2.24, 2.45) is 5.10 Å². The van der Waals surface area contributed by atoms with E-state index in [1.807, 2.05) is 17.5 Å². The van der Waals surface area contributed by atoms with Gasteiger partial charge in [-0.25, -0.2) is 12.8 Å². The smallest absolute Gasteiger partial charge is 0.279 e. The van der Waals surface area contributed by atoms with Crippen molar-refractivity contribution >= 4 is 42.8 Å². The normalized spacial score (nSPS) is 16.9. The molecule has 0 saturated carbocycles. The molecular formula is C20H18FN3O4S3. The van der Waals surface area contributed by atoms with Gasteiger partial charge in [0.15, 0.2) is 0 Å². The zero-order valence-corrected chi connectivity index (χ0v) is 18.7. The van der Waals surface area contributed by atoms with Gasteiger partial charge >= 0.3 is 0 Å². The van der Waals surface area contributed by atoms with Crippen molar-refractivity contribution in [1.82, 2.24) is 4.41 Å². The van der Waals surface area contributed by atoms with E-state index >= 15 is 0 Å². The van der Waals surface area contributed by atoms with Crippen LogP contribution >= 0.6 is 11.3 Å². The molecule has 0 saturated heterocycles. The third-order valence-electron chi connectivity index (χ3n) is 4.61. The second kappa shape index (κ2) is 8.06. The highest BCUT2D eigenvalue weighted by Crippen LogP contribution is 2.39. The number of rotatable bonds is 6. The summed E-state index contributed by atoms with van der Waals surface area (Å²) < 4.78 is 66.4. The number of thiophene rings is 1. The third-order valence-corrected chi connectivity index (χ3v) is 7.86. The Morgan fingerprint density at radius 3 is 2.42 bits per heavy atom. The van der Waals surface area contributed by atoms with Crippen LogP contribution in [0.5, 0.6) is 0 Å². The van der Waals surface area contributed by atoms with Gasteiger partial charge in [-0.05, 0) is 47.3 Å². The monoisotopic (exact) mass is 479 g/mol. The first-order valence-electron chi connectivity index (χ1n) is 9.12. The fourth-order valence-corrected chi connectivity index (χ4v) is 6.16. The number of sulfonamides is 2. The number of anilines is 1. The van der Waals surface area contributed by atoms with E-state index in [1.54, 1.807) is 24.3 Å². The van der Waals surface area contributed by atoms with Crippen LogP contribution in [-0.2, 0) is 20.0 Å². The van der Waals surface area contributed by atoms with E-state index in [9.17, 15) is 21.2 Å². The number of nitrogens with one attached hydrogen (secondary N) is 1. The van der Waals surface area contributed by atoms with Crippen molar-refractivity contribution in [3.05, 3.63) is 82.3 Å².